The number of hydrogen-bond acceptors (Lipinski definition) is 4. The summed E-state index contributed by atoms with van der Waals surface area (Å²) in [6.45, 7) is 5.53. The molecular formula is C16H36O6STi. The van der Waals surface area contributed by atoms with Crippen molar-refractivity contribution in [3.8, 4) is 0 Å². The first-order valence-electron chi connectivity index (χ1n) is 9.14. The molecule has 2 N–H and O–H groups in total. The molecule has 0 atom stereocenters. The number of unbranched alkanes of at least 4 members (excludes halogenated alkanes) is 10. The van der Waals surface area contributed by atoms with E-state index in [0.717, 1.165) is 25.7 Å². The quantitative estimate of drug-likeness (QED) is 0.297. The van der Waals surface area contributed by atoms with Gasteiger partial charge in [0.15, 0.2) is 0 Å². The Kier molecular flexibility index (Phi) is 26.2. The van der Waals surface area contributed by atoms with Gasteiger partial charge in [-0.05, 0) is 12.8 Å². The Morgan fingerprint density at radius 3 is 1.33 bits per heavy atom. The summed E-state index contributed by atoms with van der Waals surface area (Å²) >= 11 is -5.12. The Hall–Kier alpha value is 0.504. The first-order chi connectivity index (χ1) is 11.5. The Balaban J connectivity index is 0. The van der Waals surface area contributed by atoms with E-state index in [-0.39, 0.29) is 0 Å². The molecule has 146 valence electrons. The van der Waals surface area contributed by atoms with Gasteiger partial charge in [0.05, 0.1) is 13.2 Å². The van der Waals surface area contributed by atoms with Crippen molar-refractivity contribution in [1.29, 1.82) is 0 Å². The summed E-state index contributed by atoms with van der Waals surface area (Å²) in [7, 11) is 0. The van der Waals surface area contributed by atoms with Crippen molar-refractivity contribution in [2.24, 2.45) is 0 Å². The molecule has 24 heavy (non-hydrogen) atoms. The van der Waals surface area contributed by atoms with Gasteiger partial charge in [0.2, 0.25) is 0 Å². The van der Waals surface area contributed by atoms with Gasteiger partial charge in [-0.3, -0.25) is 8.37 Å². The molecule has 0 aromatic carbocycles. The van der Waals surface area contributed by atoms with Gasteiger partial charge in [0.1, 0.15) is 0 Å². The minimum atomic E-state index is -3.58. The zero-order valence-corrected chi connectivity index (χ0v) is 17.7. The molecule has 0 spiro atoms. The van der Waals surface area contributed by atoms with Crippen molar-refractivity contribution in [2.45, 2.75) is 90.9 Å². The summed E-state index contributed by atoms with van der Waals surface area (Å²) in [5.74, 6) is 0. The van der Waals surface area contributed by atoms with Gasteiger partial charge in [0, 0.05) is 0 Å². The molecule has 0 amide bonds. The zero-order valence-electron chi connectivity index (χ0n) is 15.3. The van der Waals surface area contributed by atoms with Gasteiger partial charge in [-0.2, -0.15) is 4.21 Å². The fourth-order valence-corrected chi connectivity index (χ4v) is 2.63. The van der Waals surface area contributed by atoms with E-state index in [1.165, 1.54) is 51.4 Å². The maximum atomic E-state index is 11.4. The van der Waals surface area contributed by atoms with Gasteiger partial charge in [-0.1, -0.05) is 78.1 Å². The minimum absolute atomic E-state index is 0.551. The molecule has 0 aromatic rings. The van der Waals surface area contributed by atoms with E-state index in [0.29, 0.717) is 13.2 Å². The molecule has 0 aliphatic rings. The van der Waals surface area contributed by atoms with Crippen LogP contribution in [0.15, 0.2) is 0 Å². The SMILES string of the molecule is CCCCCCCCOS(=O)OCCCCCCCC.[O]=[Ti]([OH])[OH]. The summed E-state index contributed by atoms with van der Waals surface area (Å²) in [6.07, 6.45) is 14.6. The monoisotopic (exact) mass is 404 g/mol. The van der Waals surface area contributed by atoms with E-state index in [9.17, 15) is 4.21 Å². The molecule has 0 bridgehead atoms. The molecule has 0 saturated carbocycles. The third-order valence-electron chi connectivity index (χ3n) is 3.35. The van der Waals surface area contributed by atoms with Crippen LogP contribution >= 0.6 is 0 Å². The van der Waals surface area contributed by atoms with Crippen molar-refractivity contribution in [2.75, 3.05) is 13.2 Å². The Bertz CT molecular complexity index is 268. The molecule has 6 nitrogen and oxygen atoms in total. The average Bonchev–Trinajstić information content (AvgIpc) is 2.52. The molecule has 0 radical (unpaired) electrons. The van der Waals surface area contributed by atoms with Gasteiger partial charge < -0.3 is 0 Å². The predicted molar refractivity (Wildman–Crippen MR) is 91.9 cm³/mol. The number of rotatable bonds is 16. The van der Waals surface area contributed by atoms with Crippen LogP contribution in [-0.4, -0.2) is 24.8 Å². The van der Waals surface area contributed by atoms with Crippen LogP contribution in [0.5, 0.6) is 0 Å². The third-order valence-corrected chi connectivity index (χ3v) is 4.07. The van der Waals surface area contributed by atoms with Gasteiger partial charge in [-0.25, -0.2) is 0 Å². The van der Waals surface area contributed by atoms with Crippen molar-refractivity contribution < 1.29 is 41.9 Å². The van der Waals surface area contributed by atoms with E-state index >= 15 is 0 Å². The van der Waals surface area contributed by atoms with Crippen LogP contribution in [0, 0.1) is 0 Å². The van der Waals surface area contributed by atoms with Crippen LogP contribution in [0.3, 0.4) is 0 Å². The fourth-order valence-electron chi connectivity index (χ4n) is 2.05. The van der Waals surface area contributed by atoms with Crippen molar-refractivity contribution >= 4 is 11.4 Å². The Morgan fingerprint density at radius 2 is 1.00 bits per heavy atom. The van der Waals surface area contributed by atoms with Crippen LogP contribution < -0.4 is 0 Å². The van der Waals surface area contributed by atoms with E-state index in [1.54, 1.807) is 0 Å². The molecule has 0 aliphatic carbocycles. The first-order valence-corrected chi connectivity index (χ1v) is 12.2. The second kappa shape index (κ2) is 23.5. The molecule has 0 rings (SSSR count). The molecule has 0 fully saturated rings. The Labute approximate surface area is 157 Å². The second-order valence-electron chi connectivity index (χ2n) is 5.67. The summed E-state index contributed by atoms with van der Waals surface area (Å²) in [5.41, 5.74) is 0. The molecular weight excluding hydrogens is 368 g/mol. The summed E-state index contributed by atoms with van der Waals surface area (Å²) in [4.78, 5) is 0. The summed E-state index contributed by atoms with van der Waals surface area (Å²) < 4.78 is 44.9. The summed E-state index contributed by atoms with van der Waals surface area (Å²) in [5, 5.41) is 0. The topological polar surface area (TPSA) is 93.1 Å². The standard InChI is InChI=1S/C16H34O3S.2H2O.O.Ti/c1-3-5-7-9-11-13-15-18-20(17)19-16-14-12-10-8-6-4-2;;;;/h3-16H2,1-2H3;2*1H2;;/q;;;;+2/p-2. The maximum absolute atomic E-state index is 11.4. The average molecular weight is 404 g/mol. The van der Waals surface area contributed by atoms with Crippen molar-refractivity contribution in [3.63, 3.8) is 0 Å². The van der Waals surface area contributed by atoms with Gasteiger partial charge in [0.25, 0.3) is 0 Å². The van der Waals surface area contributed by atoms with E-state index in [2.05, 4.69) is 13.8 Å². The van der Waals surface area contributed by atoms with Crippen LogP contribution in [0.25, 0.3) is 0 Å². The third kappa shape index (κ3) is 30.4. The second-order valence-corrected chi connectivity index (χ2v) is 7.43. The molecule has 0 saturated heterocycles. The summed E-state index contributed by atoms with van der Waals surface area (Å²) in [6, 6.07) is 0. The fraction of sp³-hybridized carbons (Fsp3) is 1.00. The predicted octanol–water partition coefficient (Wildman–Crippen LogP) is 4.08. The molecule has 0 aromatic heterocycles. The molecule has 0 aliphatic heterocycles. The van der Waals surface area contributed by atoms with Crippen LogP contribution in [0.1, 0.15) is 90.9 Å². The van der Waals surface area contributed by atoms with Crippen LogP contribution in [0.2, 0.25) is 0 Å². The molecule has 0 heterocycles. The normalized spacial score (nSPS) is 10.5. The first kappa shape index (κ1) is 26.7. The van der Waals surface area contributed by atoms with E-state index in [1.807, 2.05) is 0 Å². The zero-order chi connectivity index (χ0) is 18.5. The Morgan fingerprint density at radius 1 is 0.708 bits per heavy atom. The molecule has 0 unspecified atom stereocenters. The van der Waals surface area contributed by atoms with Crippen molar-refractivity contribution in [3.05, 3.63) is 0 Å². The van der Waals surface area contributed by atoms with Gasteiger partial charge in [-0.15, -0.1) is 0 Å². The van der Waals surface area contributed by atoms with Gasteiger partial charge >= 0.3 is 40.7 Å². The number of hydrogen-bond donors (Lipinski definition) is 2. The van der Waals surface area contributed by atoms with Crippen LogP contribution in [-0.2, 0) is 41.7 Å². The van der Waals surface area contributed by atoms with E-state index < -0.39 is 30.0 Å². The van der Waals surface area contributed by atoms with E-state index in [4.69, 9.17) is 19.1 Å². The van der Waals surface area contributed by atoms with Crippen LogP contribution in [0.4, 0.5) is 0 Å². The molecule has 8 heteroatoms. The van der Waals surface area contributed by atoms with Crippen molar-refractivity contribution in [1.82, 2.24) is 0 Å².